The first-order valence-corrected chi connectivity index (χ1v) is 14.7. The summed E-state index contributed by atoms with van der Waals surface area (Å²) in [6, 6.07) is 19.6. The molecule has 2 saturated heterocycles. The van der Waals surface area contributed by atoms with Crippen LogP contribution < -0.4 is 9.80 Å². The predicted molar refractivity (Wildman–Crippen MR) is 160 cm³/mol. The Kier molecular flexibility index (Phi) is 6.63. The van der Waals surface area contributed by atoms with Crippen molar-refractivity contribution in [3.8, 4) is 39.8 Å². The monoisotopic (exact) mass is 547 g/mol. The van der Waals surface area contributed by atoms with Gasteiger partial charge >= 0.3 is 0 Å². The van der Waals surface area contributed by atoms with Crippen molar-refractivity contribution in [2.24, 2.45) is 0 Å². The Bertz CT molecular complexity index is 1660. The van der Waals surface area contributed by atoms with Crippen molar-refractivity contribution in [3.63, 3.8) is 0 Å². The number of aromatic nitrogens is 4. The van der Waals surface area contributed by atoms with Crippen molar-refractivity contribution < 1.29 is 4.74 Å². The third kappa shape index (κ3) is 4.49. The Morgan fingerprint density at radius 3 is 2.17 bits per heavy atom. The number of nitrogens with zero attached hydrogens (tertiary/aromatic N) is 6. The summed E-state index contributed by atoms with van der Waals surface area (Å²) in [6.45, 7) is 5.44. The number of hydrogen-bond acceptors (Lipinski definition) is 8. The zero-order valence-corrected chi connectivity index (χ0v) is 23.0. The Labute approximate surface area is 236 Å². The van der Waals surface area contributed by atoms with Crippen LogP contribution in [0.1, 0.15) is 24.8 Å². The van der Waals surface area contributed by atoms with E-state index in [1.54, 1.807) is 5.51 Å². The first-order valence-electron chi connectivity index (χ1n) is 13.8. The molecule has 1 N–H and O–H groups in total. The fourth-order valence-corrected chi connectivity index (χ4v) is 6.36. The number of piperidine rings is 1. The molecule has 0 saturated carbocycles. The standard InChI is InChI=1S/C31H29N7OS/c32-18-25-27(21-4-8-23(9-5-21)37-12-2-1-3-13-37)28-29(35-36-31(28)34-30(25)26-19-40-20-33-26)22-6-10-24(11-7-22)38-14-16-39-17-15-38/h4-11,19-20H,1-3,12-17H2,(H,34,35,36). The lowest BCUT2D eigenvalue weighted by atomic mass is 9.93. The van der Waals surface area contributed by atoms with Crippen molar-refractivity contribution in [1.29, 1.82) is 5.26 Å². The van der Waals surface area contributed by atoms with Gasteiger partial charge in [0.2, 0.25) is 0 Å². The summed E-state index contributed by atoms with van der Waals surface area (Å²) in [4.78, 5) is 14.1. The van der Waals surface area contributed by atoms with Crippen LogP contribution in [0.25, 0.3) is 44.8 Å². The van der Waals surface area contributed by atoms with Crippen LogP contribution in [0.5, 0.6) is 0 Å². The van der Waals surface area contributed by atoms with E-state index >= 15 is 0 Å². The lowest BCUT2D eigenvalue weighted by Crippen LogP contribution is -2.36. The summed E-state index contributed by atoms with van der Waals surface area (Å²) >= 11 is 1.49. The Morgan fingerprint density at radius 2 is 1.52 bits per heavy atom. The molecule has 2 fully saturated rings. The maximum atomic E-state index is 10.5. The van der Waals surface area contributed by atoms with Crippen molar-refractivity contribution >= 4 is 33.7 Å². The van der Waals surface area contributed by atoms with E-state index in [0.29, 0.717) is 22.6 Å². The van der Waals surface area contributed by atoms with Crippen LogP contribution in [0.3, 0.4) is 0 Å². The van der Waals surface area contributed by atoms with E-state index in [0.717, 1.165) is 67.2 Å². The normalized spacial score (nSPS) is 15.9. The van der Waals surface area contributed by atoms with Crippen molar-refractivity contribution in [1.82, 2.24) is 20.2 Å². The van der Waals surface area contributed by atoms with Crippen molar-refractivity contribution in [2.75, 3.05) is 49.2 Å². The molecule has 2 aliphatic rings. The van der Waals surface area contributed by atoms with Crippen molar-refractivity contribution in [2.45, 2.75) is 19.3 Å². The molecule has 2 aromatic carbocycles. The molecule has 5 heterocycles. The van der Waals surface area contributed by atoms with Gasteiger partial charge in [-0.2, -0.15) is 10.4 Å². The number of aromatic amines is 1. The van der Waals surface area contributed by atoms with Crippen LogP contribution in [-0.4, -0.2) is 59.6 Å². The van der Waals surface area contributed by atoms with Crippen molar-refractivity contribution in [3.05, 3.63) is 65.0 Å². The number of nitriles is 1. The van der Waals surface area contributed by atoms with Gasteiger partial charge in [-0.25, -0.2) is 9.97 Å². The van der Waals surface area contributed by atoms with Gasteiger partial charge in [0.05, 0.1) is 35.4 Å². The maximum Gasteiger partial charge on any atom is 0.182 e. The number of fused-ring (bicyclic) bond motifs is 1. The molecule has 2 aliphatic heterocycles. The second-order valence-corrected chi connectivity index (χ2v) is 11.0. The summed E-state index contributed by atoms with van der Waals surface area (Å²) in [5, 5.41) is 21.1. The fourth-order valence-electron chi connectivity index (χ4n) is 5.83. The van der Waals surface area contributed by atoms with Gasteiger partial charge in [-0.1, -0.05) is 24.3 Å². The second kappa shape index (κ2) is 10.7. The molecule has 40 heavy (non-hydrogen) atoms. The van der Waals surface area contributed by atoms with E-state index in [1.165, 1.54) is 42.0 Å². The molecule has 0 bridgehead atoms. The third-order valence-electron chi connectivity index (χ3n) is 7.90. The zero-order valence-electron chi connectivity index (χ0n) is 22.1. The smallest absolute Gasteiger partial charge is 0.182 e. The molecule has 200 valence electrons. The molecule has 8 nitrogen and oxygen atoms in total. The van der Waals surface area contributed by atoms with Crippen LogP contribution >= 0.6 is 11.3 Å². The van der Waals surface area contributed by atoms with E-state index in [4.69, 9.17) is 9.72 Å². The average Bonchev–Trinajstić information content (AvgIpc) is 3.72. The lowest BCUT2D eigenvalue weighted by Gasteiger charge is -2.29. The number of H-pyrrole nitrogens is 1. The maximum absolute atomic E-state index is 10.5. The third-order valence-corrected chi connectivity index (χ3v) is 8.48. The van der Waals surface area contributed by atoms with Gasteiger partial charge in [-0.15, -0.1) is 11.3 Å². The van der Waals surface area contributed by atoms with Gasteiger partial charge in [0.25, 0.3) is 0 Å². The van der Waals surface area contributed by atoms with Gasteiger partial charge in [-0.3, -0.25) is 5.10 Å². The molecule has 0 spiro atoms. The Hall–Kier alpha value is -4.26. The number of nitrogens with one attached hydrogen (secondary N) is 1. The summed E-state index contributed by atoms with van der Waals surface area (Å²) in [5.41, 5.74) is 10.1. The van der Waals surface area contributed by atoms with E-state index in [9.17, 15) is 5.26 Å². The highest BCUT2D eigenvalue weighted by molar-refractivity contribution is 7.07. The Morgan fingerprint density at radius 1 is 0.850 bits per heavy atom. The Balaban J connectivity index is 1.37. The summed E-state index contributed by atoms with van der Waals surface area (Å²) < 4.78 is 5.51. The van der Waals surface area contributed by atoms with Crippen LogP contribution in [0.15, 0.2) is 59.4 Å². The number of morpholine rings is 1. The first-order chi connectivity index (χ1) is 19.8. The molecule has 9 heteroatoms. The van der Waals surface area contributed by atoms with E-state index in [-0.39, 0.29) is 0 Å². The molecule has 7 rings (SSSR count). The van der Waals surface area contributed by atoms with Crippen LogP contribution in [0.4, 0.5) is 11.4 Å². The number of ether oxygens (including phenoxy) is 1. The quantitative estimate of drug-likeness (QED) is 0.284. The van der Waals surface area contributed by atoms with Gasteiger partial charge in [-0.05, 0) is 49.1 Å². The highest BCUT2D eigenvalue weighted by Crippen LogP contribution is 2.41. The molecular weight excluding hydrogens is 518 g/mol. The summed E-state index contributed by atoms with van der Waals surface area (Å²) in [5.74, 6) is 0. The number of rotatable bonds is 5. The predicted octanol–water partition coefficient (Wildman–Crippen LogP) is 6.11. The first kappa shape index (κ1) is 24.8. The van der Waals surface area contributed by atoms with Gasteiger partial charge < -0.3 is 14.5 Å². The minimum Gasteiger partial charge on any atom is -0.378 e. The molecule has 0 aliphatic carbocycles. The van der Waals surface area contributed by atoms with Gasteiger partial charge in [0, 0.05) is 54.1 Å². The lowest BCUT2D eigenvalue weighted by molar-refractivity contribution is 0.122. The number of anilines is 2. The van der Waals surface area contributed by atoms with E-state index in [2.05, 4.69) is 79.6 Å². The van der Waals surface area contributed by atoms with Crippen LogP contribution in [-0.2, 0) is 4.74 Å². The fraction of sp³-hybridized carbons (Fsp3) is 0.290. The molecular formula is C31H29N7OS. The minimum absolute atomic E-state index is 0.511. The molecule has 0 unspecified atom stereocenters. The SMILES string of the molecule is N#Cc1c(-c2cscn2)nc2n[nH]c(-c3ccc(N4CCOCC4)cc3)c2c1-c1ccc(N2CCCCC2)cc1. The highest BCUT2D eigenvalue weighted by atomic mass is 32.1. The average molecular weight is 548 g/mol. The molecule has 0 amide bonds. The zero-order chi connectivity index (χ0) is 26.9. The number of hydrogen-bond donors (Lipinski definition) is 1. The number of thiazole rings is 1. The molecule has 0 atom stereocenters. The highest BCUT2D eigenvalue weighted by Gasteiger charge is 2.24. The minimum atomic E-state index is 0.511. The summed E-state index contributed by atoms with van der Waals surface area (Å²) in [7, 11) is 0. The molecule has 0 radical (unpaired) electrons. The van der Waals surface area contributed by atoms with Crippen LogP contribution in [0.2, 0.25) is 0 Å². The second-order valence-electron chi connectivity index (χ2n) is 10.2. The topological polar surface area (TPSA) is 94.0 Å². The van der Waals surface area contributed by atoms with Crippen LogP contribution in [0, 0.1) is 11.3 Å². The number of benzene rings is 2. The van der Waals surface area contributed by atoms with E-state index < -0.39 is 0 Å². The number of pyridine rings is 1. The summed E-state index contributed by atoms with van der Waals surface area (Å²) in [6.07, 6.45) is 3.75. The molecule has 5 aromatic rings. The van der Waals surface area contributed by atoms with E-state index in [1.807, 2.05) is 5.38 Å². The van der Waals surface area contributed by atoms with Gasteiger partial charge in [0.1, 0.15) is 17.5 Å². The molecule has 3 aromatic heterocycles. The van der Waals surface area contributed by atoms with Gasteiger partial charge in [0.15, 0.2) is 5.65 Å². The largest absolute Gasteiger partial charge is 0.378 e.